The molecule has 0 bridgehead atoms. The second-order valence-corrected chi connectivity index (χ2v) is 10.4. The molecule has 0 fully saturated rings. The molecule has 10 heteroatoms. The van der Waals surface area contributed by atoms with Gasteiger partial charge in [0.2, 0.25) is 6.79 Å². The highest BCUT2D eigenvalue weighted by Gasteiger charge is 2.22. The van der Waals surface area contributed by atoms with Gasteiger partial charge < -0.3 is 24.2 Å². The molecule has 2 aromatic carbocycles. The number of carbonyl (C=O) groups is 1. The summed E-state index contributed by atoms with van der Waals surface area (Å²) in [4.78, 5) is 15.6. The lowest BCUT2D eigenvalue weighted by molar-refractivity contribution is -0.138. The van der Waals surface area contributed by atoms with E-state index in [4.69, 9.17) is 24.1 Å². The van der Waals surface area contributed by atoms with Crippen molar-refractivity contribution in [1.29, 1.82) is 0 Å². The molecule has 38 heavy (non-hydrogen) atoms. The van der Waals surface area contributed by atoms with Gasteiger partial charge in [-0.1, -0.05) is 43.9 Å². The zero-order valence-electron chi connectivity index (χ0n) is 20.9. The average Bonchev–Trinajstić information content (AvgIpc) is 3.35. The van der Waals surface area contributed by atoms with Gasteiger partial charge in [0.25, 0.3) is 0 Å². The number of aliphatic hydroxyl groups excluding tert-OH is 1. The van der Waals surface area contributed by atoms with E-state index in [1.165, 1.54) is 12.1 Å². The van der Waals surface area contributed by atoms with Crippen LogP contribution in [0.15, 0.2) is 48.5 Å². The second-order valence-electron chi connectivity index (χ2n) is 8.93. The number of aromatic nitrogens is 1. The van der Waals surface area contributed by atoms with Gasteiger partial charge in [-0.3, -0.25) is 14.3 Å². The number of carboxylic acids is 1. The van der Waals surface area contributed by atoms with Crippen molar-refractivity contribution in [3.05, 3.63) is 65.6 Å². The first-order chi connectivity index (χ1) is 18.2. The predicted molar refractivity (Wildman–Crippen MR) is 140 cm³/mol. The van der Waals surface area contributed by atoms with E-state index < -0.39 is 26.5 Å². The van der Waals surface area contributed by atoms with Crippen molar-refractivity contribution in [2.45, 2.75) is 32.3 Å². The van der Waals surface area contributed by atoms with Crippen molar-refractivity contribution in [1.82, 2.24) is 4.98 Å². The first-order valence-corrected chi connectivity index (χ1v) is 13.5. The topological polar surface area (TPSA) is 115 Å². The van der Waals surface area contributed by atoms with E-state index in [1.807, 2.05) is 38.1 Å². The number of hydrogen-bond acceptors (Lipinski definition) is 7. The van der Waals surface area contributed by atoms with Crippen LogP contribution in [0.2, 0.25) is 0 Å². The van der Waals surface area contributed by atoms with Crippen LogP contribution < -0.4 is 9.47 Å². The average molecular weight is 539 g/mol. The van der Waals surface area contributed by atoms with Gasteiger partial charge >= 0.3 is 5.97 Å². The van der Waals surface area contributed by atoms with Crippen LogP contribution in [0.5, 0.6) is 11.5 Å². The fourth-order valence-corrected chi connectivity index (χ4v) is 4.89. The van der Waals surface area contributed by atoms with E-state index in [2.05, 4.69) is 11.8 Å². The Balaban J connectivity index is 1.71. The van der Waals surface area contributed by atoms with Crippen LogP contribution in [-0.4, -0.2) is 46.8 Å². The van der Waals surface area contributed by atoms with Crippen LogP contribution in [-0.2, 0) is 13.9 Å². The molecule has 4 rings (SSSR count). The van der Waals surface area contributed by atoms with Gasteiger partial charge in [0.1, 0.15) is 12.4 Å². The summed E-state index contributed by atoms with van der Waals surface area (Å²) in [5.41, 5.74) is 4.19. The highest BCUT2D eigenvalue weighted by molar-refractivity contribution is 7.39. The van der Waals surface area contributed by atoms with Crippen molar-refractivity contribution in [3.8, 4) is 45.7 Å². The molecule has 0 radical (unpaired) electrons. The molecular formula is C28H27FNO7P. The van der Waals surface area contributed by atoms with Crippen LogP contribution in [0.25, 0.3) is 22.4 Å². The molecule has 8 nitrogen and oxygen atoms in total. The number of rotatable bonds is 9. The maximum Gasteiger partial charge on any atom is 0.305 e. The Hall–Kier alpha value is -3.70. The molecule has 2 heterocycles. The Morgan fingerprint density at radius 2 is 1.95 bits per heavy atom. The number of ether oxygens (including phenoxy) is 2. The molecule has 0 aliphatic carbocycles. The number of halogens is 1. The van der Waals surface area contributed by atoms with Gasteiger partial charge in [-0.15, -0.1) is 0 Å². The number of benzene rings is 2. The number of para-hydroxylation sites is 1. The van der Waals surface area contributed by atoms with Gasteiger partial charge in [0, 0.05) is 17.3 Å². The second kappa shape index (κ2) is 12.2. The third-order valence-electron chi connectivity index (χ3n) is 5.75. The van der Waals surface area contributed by atoms with Gasteiger partial charge in [-0.05, 0) is 41.8 Å². The number of aliphatic carboxylic acids is 1. The van der Waals surface area contributed by atoms with Crippen molar-refractivity contribution >= 4 is 14.0 Å². The van der Waals surface area contributed by atoms with Crippen molar-refractivity contribution in [3.63, 3.8) is 0 Å². The molecule has 1 aromatic heterocycles. The standard InChI is InChI=1S/C28H27FNO7P/c1-17(2)27-21(6-4-12-37-38(34)15-20(31)13-26(32)33)23(18-8-10-19(29)11-9-18)14-24(30-27)22-5-3-7-25-28(22)36-16-35-25/h3,5,7-11,14,17,20,31,38H,12-13,15-16H2,1-2H3,(H,32,33). The fourth-order valence-electron chi connectivity index (χ4n) is 4.01. The number of fused-ring (bicyclic) bond motifs is 1. The van der Waals surface area contributed by atoms with E-state index in [9.17, 15) is 18.9 Å². The molecule has 0 spiro atoms. The molecule has 0 amide bonds. The monoisotopic (exact) mass is 539 g/mol. The van der Waals surface area contributed by atoms with Crippen molar-refractivity contribution < 1.29 is 38.0 Å². The van der Waals surface area contributed by atoms with Crippen molar-refractivity contribution in [2.75, 3.05) is 19.6 Å². The molecule has 1 aliphatic rings. The van der Waals surface area contributed by atoms with E-state index in [-0.39, 0.29) is 31.3 Å². The summed E-state index contributed by atoms with van der Waals surface area (Å²) < 4.78 is 42.3. The Kier molecular flexibility index (Phi) is 8.80. The molecule has 1 aliphatic heterocycles. The molecular weight excluding hydrogens is 512 g/mol. The van der Waals surface area contributed by atoms with Crippen LogP contribution in [0, 0.1) is 17.7 Å². The quantitative estimate of drug-likeness (QED) is 0.286. The summed E-state index contributed by atoms with van der Waals surface area (Å²) in [5, 5.41) is 18.4. The summed E-state index contributed by atoms with van der Waals surface area (Å²) in [6.07, 6.45) is -2.03. The highest BCUT2D eigenvalue weighted by atomic mass is 31.1. The third-order valence-corrected chi connectivity index (χ3v) is 7.02. The number of pyridine rings is 1. The normalized spacial score (nSPS) is 13.6. The lowest BCUT2D eigenvalue weighted by Crippen LogP contribution is -2.15. The number of hydrogen-bond donors (Lipinski definition) is 2. The Morgan fingerprint density at radius 3 is 2.66 bits per heavy atom. The first-order valence-electron chi connectivity index (χ1n) is 12.0. The highest BCUT2D eigenvalue weighted by Crippen LogP contribution is 2.42. The fraction of sp³-hybridized carbons (Fsp3) is 0.286. The van der Waals surface area contributed by atoms with E-state index >= 15 is 0 Å². The van der Waals surface area contributed by atoms with Crippen LogP contribution in [0.1, 0.15) is 37.4 Å². The molecule has 0 saturated carbocycles. The third kappa shape index (κ3) is 6.59. The minimum absolute atomic E-state index is 0.0291. The summed E-state index contributed by atoms with van der Waals surface area (Å²) in [6, 6.07) is 13.5. The molecule has 2 N–H and O–H groups in total. The number of aliphatic hydroxyl groups is 1. The molecule has 2 atom stereocenters. The van der Waals surface area contributed by atoms with Gasteiger partial charge in [0.15, 0.2) is 19.5 Å². The van der Waals surface area contributed by atoms with Gasteiger partial charge in [0.05, 0.1) is 29.5 Å². The number of carboxylic acid groups (broad SMARTS) is 1. The Bertz CT molecular complexity index is 1410. The Morgan fingerprint density at radius 1 is 1.18 bits per heavy atom. The minimum Gasteiger partial charge on any atom is -0.481 e. The van der Waals surface area contributed by atoms with Gasteiger partial charge in [-0.2, -0.15) is 0 Å². The molecule has 3 aromatic rings. The summed E-state index contributed by atoms with van der Waals surface area (Å²) in [6.45, 7) is 3.91. The zero-order valence-corrected chi connectivity index (χ0v) is 21.9. The van der Waals surface area contributed by atoms with Gasteiger partial charge in [-0.25, -0.2) is 4.39 Å². The Labute approximate surface area is 220 Å². The molecule has 198 valence electrons. The maximum absolute atomic E-state index is 13.7. The zero-order chi connectivity index (χ0) is 27.2. The van der Waals surface area contributed by atoms with Crippen LogP contribution in [0.3, 0.4) is 0 Å². The van der Waals surface area contributed by atoms with Crippen molar-refractivity contribution in [2.24, 2.45) is 0 Å². The van der Waals surface area contributed by atoms with E-state index in [1.54, 1.807) is 12.1 Å². The van der Waals surface area contributed by atoms with Crippen LogP contribution in [0.4, 0.5) is 4.39 Å². The number of nitrogens with zero attached hydrogens (tertiary/aromatic N) is 1. The van der Waals surface area contributed by atoms with E-state index in [0.29, 0.717) is 28.5 Å². The largest absolute Gasteiger partial charge is 0.481 e. The summed E-state index contributed by atoms with van der Waals surface area (Å²) >= 11 is 0. The predicted octanol–water partition coefficient (Wildman–Crippen LogP) is 5.09. The summed E-state index contributed by atoms with van der Waals surface area (Å²) in [7, 11) is -2.68. The lowest BCUT2D eigenvalue weighted by atomic mass is 9.92. The van der Waals surface area contributed by atoms with E-state index in [0.717, 1.165) is 16.7 Å². The minimum atomic E-state index is -2.68. The lowest BCUT2D eigenvalue weighted by Gasteiger charge is -2.16. The summed E-state index contributed by atoms with van der Waals surface area (Å²) in [5.74, 6) is 5.59. The SMILES string of the molecule is CC(C)c1nc(-c2cccc3c2OCO3)cc(-c2ccc(F)cc2)c1C#CCO[PH](=O)CC(O)CC(=O)O. The maximum atomic E-state index is 13.7. The molecule has 2 unspecified atom stereocenters. The first kappa shape index (κ1) is 27.3. The van der Waals surface area contributed by atoms with Crippen LogP contribution >= 0.6 is 8.03 Å². The smallest absolute Gasteiger partial charge is 0.305 e. The molecule has 0 saturated heterocycles.